The van der Waals surface area contributed by atoms with Gasteiger partial charge in [0.1, 0.15) is 6.10 Å². The van der Waals surface area contributed by atoms with Crippen LogP contribution < -0.4 is 0 Å². The van der Waals surface area contributed by atoms with Gasteiger partial charge in [0.2, 0.25) is 14.9 Å². The van der Waals surface area contributed by atoms with Crippen molar-refractivity contribution in [3.63, 3.8) is 0 Å². The van der Waals surface area contributed by atoms with Crippen LogP contribution in [0.4, 0.5) is 0 Å². The second kappa shape index (κ2) is 5.11. The number of allylic oxidation sites excluding steroid dienone is 1. The van der Waals surface area contributed by atoms with Crippen LogP contribution in [-0.2, 0) is 14.6 Å². The van der Waals surface area contributed by atoms with Crippen LogP contribution >= 0.6 is 23.2 Å². The number of sulfone groups is 1. The lowest BCUT2D eigenvalue weighted by Gasteiger charge is -2.24. The van der Waals surface area contributed by atoms with Gasteiger partial charge in [-0.25, -0.2) is 8.42 Å². The largest absolute Gasteiger partial charge is 0.475 e. The Morgan fingerprint density at radius 3 is 2.61 bits per heavy atom. The number of hydrogen-bond donors (Lipinski definition) is 0. The Balaban J connectivity index is 2.26. The molecule has 0 aliphatic carbocycles. The standard InChI is InChI=1S/C12H12Cl2O3S/c1-18(15,16)12-4-2-3-11(17-12)8-5-6-9(13)10(14)7-8/h4-7,11H,2-3H2,1H3. The maximum absolute atomic E-state index is 11.4. The van der Waals surface area contributed by atoms with Gasteiger partial charge in [-0.1, -0.05) is 29.3 Å². The average molecular weight is 307 g/mol. The predicted molar refractivity (Wildman–Crippen MR) is 72.4 cm³/mol. The summed E-state index contributed by atoms with van der Waals surface area (Å²) >= 11 is 11.8. The predicted octanol–water partition coefficient (Wildman–Crippen LogP) is 3.73. The first kappa shape index (κ1) is 13.7. The van der Waals surface area contributed by atoms with E-state index in [-0.39, 0.29) is 11.2 Å². The number of halogens is 2. The molecule has 0 aromatic heterocycles. The Labute approximate surface area is 116 Å². The summed E-state index contributed by atoms with van der Waals surface area (Å²) in [4.78, 5) is 0. The van der Waals surface area contributed by atoms with Gasteiger partial charge in [-0.15, -0.1) is 0 Å². The van der Waals surface area contributed by atoms with Crippen LogP contribution in [0.1, 0.15) is 24.5 Å². The van der Waals surface area contributed by atoms with Crippen LogP contribution in [0.25, 0.3) is 0 Å². The quantitative estimate of drug-likeness (QED) is 0.836. The van der Waals surface area contributed by atoms with E-state index in [1.165, 1.54) is 0 Å². The Morgan fingerprint density at radius 1 is 1.28 bits per heavy atom. The van der Waals surface area contributed by atoms with Gasteiger partial charge in [0.25, 0.3) is 0 Å². The van der Waals surface area contributed by atoms with Crippen molar-refractivity contribution in [1.29, 1.82) is 0 Å². The second-order valence-corrected chi connectivity index (χ2v) is 6.91. The summed E-state index contributed by atoms with van der Waals surface area (Å²) in [7, 11) is -3.31. The molecule has 0 saturated heterocycles. The summed E-state index contributed by atoms with van der Waals surface area (Å²) in [6.07, 6.45) is 3.82. The molecule has 1 atom stereocenters. The number of ether oxygens (including phenoxy) is 1. The SMILES string of the molecule is CS(=O)(=O)C1=CCCC(c2ccc(Cl)c(Cl)c2)O1. The summed E-state index contributed by atoms with van der Waals surface area (Å²) in [5.41, 5.74) is 0.832. The zero-order chi connectivity index (χ0) is 13.3. The molecule has 0 amide bonds. The molecule has 1 aliphatic rings. The van der Waals surface area contributed by atoms with Gasteiger partial charge in [-0.3, -0.25) is 0 Å². The second-order valence-electron chi connectivity index (χ2n) is 4.15. The third-order valence-corrected chi connectivity index (χ3v) is 4.41. The molecule has 1 aromatic rings. The van der Waals surface area contributed by atoms with Crippen LogP contribution in [0.3, 0.4) is 0 Å². The molecule has 1 unspecified atom stereocenters. The van der Waals surface area contributed by atoms with E-state index in [9.17, 15) is 8.42 Å². The fourth-order valence-corrected chi connectivity index (χ4v) is 2.80. The monoisotopic (exact) mass is 306 g/mol. The number of rotatable bonds is 2. The summed E-state index contributed by atoms with van der Waals surface area (Å²) in [5, 5.41) is 0.938. The highest BCUT2D eigenvalue weighted by molar-refractivity contribution is 7.94. The molecule has 0 radical (unpaired) electrons. The van der Waals surface area contributed by atoms with E-state index in [4.69, 9.17) is 27.9 Å². The Bertz CT molecular complexity index is 593. The van der Waals surface area contributed by atoms with E-state index in [2.05, 4.69) is 0 Å². The van der Waals surface area contributed by atoms with Gasteiger partial charge in [-0.05, 0) is 36.6 Å². The highest BCUT2D eigenvalue weighted by Gasteiger charge is 2.24. The molecule has 18 heavy (non-hydrogen) atoms. The topological polar surface area (TPSA) is 43.4 Å². The summed E-state index contributed by atoms with van der Waals surface area (Å²) in [6, 6.07) is 5.19. The van der Waals surface area contributed by atoms with Crippen molar-refractivity contribution in [2.75, 3.05) is 6.26 Å². The normalized spacial score (nSPS) is 20.2. The molecular weight excluding hydrogens is 295 g/mol. The van der Waals surface area contributed by atoms with Gasteiger partial charge in [-0.2, -0.15) is 0 Å². The van der Waals surface area contributed by atoms with E-state index < -0.39 is 9.84 Å². The molecule has 98 valence electrons. The smallest absolute Gasteiger partial charge is 0.208 e. The lowest BCUT2D eigenvalue weighted by atomic mass is 10.0. The Hall–Kier alpha value is -0.710. The third-order valence-electron chi connectivity index (χ3n) is 2.68. The molecule has 1 aliphatic heterocycles. The van der Waals surface area contributed by atoms with Gasteiger partial charge in [0.05, 0.1) is 10.0 Å². The maximum atomic E-state index is 11.4. The zero-order valence-corrected chi connectivity index (χ0v) is 12.0. The van der Waals surface area contributed by atoms with Gasteiger partial charge in [0, 0.05) is 6.26 Å². The summed E-state index contributed by atoms with van der Waals surface area (Å²) in [6.45, 7) is 0. The maximum Gasteiger partial charge on any atom is 0.208 e. The van der Waals surface area contributed by atoms with Crippen LogP contribution in [0, 0.1) is 0 Å². The van der Waals surface area contributed by atoms with Crippen molar-refractivity contribution in [2.45, 2.75) is 18.9 Å². The van der Waals surface area contributed by atoms with E-state index in [1.54, 1.807) is 24.3 Å². The first-order valence-corrected chi connectivity index (χ1v) is 8.04. The summed E-state index contributed by atoms with van der Waals surface area (Å²) < 4.78 is 28.4. The number of hydrogen-bond acceptors (Lipinski definition) is 3. The first-order chi connectivity index (χ1) is 8.38. The highest BCUT2D eigenvalue weighted by Crippen LogP contribution is 2.34. The highest BCUT2D eigenvalue weighted by atomic mass is 35.5. The molecule has 0 N–H and O–H groups in total. The van der Waals surface area contributed by atoms with Crippen molar-refractivity contribution in [3.8, 4) is 0 Å². The molecule has 1 heterocycles. The summed E-state index contributed by atoms with van der Waals surface area (Å²) in [5.74, 6) is 0. The zero-order valence-electron chi connectivity index (χ0n) is 9.69. The van der Waals surface area contributed by atoms with Crippen molar-refractivity contribution in [2.24, 2.45) is 0 Å². The molecule has 3 nitrogen and oxygen atoms in total. The molecule has 0 saturated carbocycles. The third kappa shape index (κ3) is 2.99. The molecule has 0 fully saturated rings. The van der Waals surface area contributed by atoms with Crippen molar-refractivity contribution < 1.29 is 13.2 Å². The van der Waals surface area contributed by atoms with Crippen LogP contribution in [-0.4, -0.2) is 14.7 Å². The molecule has 2 rings (SSSR count). The fourth-order valence-electron chi connectivity index (χ4n) is 1.79. The lowest BCUT2D eigenvalue weighted by molar-refractivity contribution is 0.113. The van der Waals surface area contributed by atoms with E-state index in [0.29, 0.717) is 16.5 Å². The van der Waals surface area contributed by atoms with Gasteiger partial charge < -0.3 is 4.74 Å². The van der Waals surface area contributed by atoms with Crippen molar-refractivity contribution in [1.82, 2.24) is 0 Å². The minimum atomic E-state index is -3.31. The van der Waals surface area contributed by atoms with Crippen LogP contribution in [0.2, 0.25) is 10.0 Å². The van der Waals surface area contributed by atoms with Crippen molar-refractivity contribution in [3.05, 3.63) is 45.0 Å². The van der Waals surface area contributed by atoms with Crippen LogP contribution in [0.15, 0.2) is 29.4 Å². The van der Waals surface area contributed by atoms with Gasteiger partial charge >= 0.3 is 0 Å². The minimum absolute atomic E-state index is 0.0322. The average Bonchev–Trinajstić information content (AvgIpc) is 2.32. The van der Waals surface area contributed by atoms with E-state index in [1.807, 2.05) is 0 Å². The van der Waals surface area contributed by atoms with Crippen LogP contribution in [0.5, 0.6) is 0 Å². The lowest BCUT2D eigenvalue weighted by Crippen LogP contribution is -2.14. The Morgan fingerprint density at radius 2 is 2.00 bits per heavy atom. The molecule has 1 aromatic carbocycles. The van der Waals surface area contributed by atoms with E-state index in [0.717, 1.165) is 18.2 Å². The molecule has 0 bridgehead atoms. The molecular formula is C12H12Cl2O3S. The van der Waals surface area contributed by atoms with Gasteiger partial charge in [0.15, 0.2) is 0 Å². The van der Waals surface area contributed by atoms with Crippen molar-refractivity contribution >= 4 is 33.0 Å². The number of benzene rings is 1. The first-order valence-electron chi connectivity index (χ1n) is 5.40. The molecule has 6 heteroatoms. The Kier molecular flexibility index (Phi) is 3.90. The minimum Gasteiger partial charge on any atom is -0.475 e. The molecule has 0 spiro atoms. The van der Waals surface area contributed by atoms with E-state index >= 15 is 0 Å². The fraction of sp³-hybridized carbons (Fsp3) is 0.333.